The minimum Gasteiger partial charge on any atom is -0.395 e. The Morgan fingerprint density at radius 3 is 2.39 bits per heavy atom. The number of aliphatic hydroxyl groups is 1. The summed E-state index contributed by atoms with van der Waals surface area (Å²) in [6, 6.07) is 5.58. The molecule has 1 rings (SSSR count). The van der Waals surface area contributed by atoms with Crippen molar-refractivity contribution in [2.75, 3.05) is 13.2 Å². The molecule has 1 unspecified atom stereocenters. The van der Waals surface area contributed by atoms with Crippen LogP contribution in [0.2, 0.25) is 0 Å². The molecule has 7 heteroatoms. The average Bonchev–Trinajstić information content (AvgIpc) is 2.33. The fourth-order valence-corrected chi connectivity index (χ4v) is 1.57. The van der Waals surface area contributed by atoms with Crippen LogP contribution >= 0.6 is 12.2 Å². The van der Waals surface area contributed by atoms with E-state index in [0.717, 1.165) is 0 Å². The second-order valence-electron chi connectivity index (χ2n) is 3.51. The molecular formula is C11H13F3N2OS. The van der Waals surface area contributed by atoms with E-state index in [-0.39, 0.29) is 23.8 Å². The number of aliphatic hydroxyl groups excluding tert-OH is 1. The van der Waals surface area contributed by atoms with Crippen molar-refractivity contribution < 1.29 is 18.3 Å². The van der Waals surface area contributed by atoms with Crippen LogP contribution in [0.15, 0.2) is 30.3 Å². The van der Waals surface area contributed by atoms with Crippen LogP contribution in [-0.2, 0) is 0 Å². The molecule has 0 fully saturated rings. The van der Waals surface area contributed by atoms with Crippen molar-refractivity contribution in [2.24, 2.45) is 0 Å². The standard InChI is InChI=1S/C11H13F3N2OS/c12-11(13,14)9(8-4-2-1-3-5-8)16-10(18)15-6-7-17/h1-5,9,17H,6-7H2,(H2,15,16,18). The van der Waals surface area contributed by atoms with Crippen LogP contribution in [0.1, 0.15) is 11.6 Å². The van der Waals surface area contributed by atoms with Gasteiger partial charge in [-0.05, 0) is 17.8 Å². The summed E-state index contributed by atoms with van der Waals surface area (Å²) in [5.74, 6) is 0. The van der Waals surface area contributed by atoms with E-state index in [0.29, 0.717) is 0 Å². The maximum Gasteiger partial charge on any atom is 0.412 e. The highest BCUT2D eigenvalue weighted by Crippen LogP contribution is 2.32. The quantitative estimate of drug-likeness (QED) is 0.734. The Balaban J connectivity index is 2.78. The van der Waals surface area contributed by atoms with Crippen molar-refractivity contribution in [3.05, 3.63) is 35.9 Å². The van der Waals surface area contributed by atoms with Gasteiger partial charge in [-0.2, -0.15) is 13.2 Å². The van der Waals surface area contributed by atoms with Crippen LogP contribution < -0.4 is 10.6 Å². The smallest absolute Gasteiger partial charge is 0.395 e. The van der Waals surface area contributed by atoms with Crippen molar-refractivity contribution in [3.63, 3.8) is 0 Å². The number of benzene rings is 1. The van der Waals surface area contributed by atoms with E-state index in [1.54, 1.807) is 6.07 Å². The lowest BCUT2D eigenvalue weighted by molar-refractivity contribution is -0.153. The second kappa shape index (κ2) is 6.55. The summed E-state index contributed by atoms with van der Waals surface area (Å²) in [6.07, 6.45) is -4.45. The molecule has 3 N–H and O–H groups in total. The Morgan fingerprint density at radius 2 is 1.89 bits per heavy atom. The Hall–Kier alpha value is -1.34. The summed E-state index contributed by atoms with van der Waals surface area (Å²) in [4.78, 5) is 0. The van der Waals surface area contributed by atoms with Gasteiger partial charge in [-0.25, -0.2) is 0 Å². The summed E-state index contributed by atoms with van der Waals surface area (Å²) < 4.78 is 38.7. The lowest BCUT2D eigenvalue weighted by atomic mass is 10.1. The molecule has 0 aliphatic rings. The molecule has 3 nitrogen and oxygen atoms in total. The molecule has 18 heavy (non-hydrogen) atoms. The first-order chi connectivity index (χ1) is 8.45. The molecule has 0 amide bonds. The molecule has 0 aromatic heterocycles. The van der Waals surface area contributed by atoms with Gasteiger partial charge in [0.1, 0.15) is 6.04 Å². The number of thiocarbonyl (C=S) groups is 1. The number of rotatable bonds is 4. The molecule has 0 aliphatic heterocycles. The van der Waals surface area contributed by atoms with Gasteiger partial charge in [-0.3, -0.25) is 0 Å². The Bertz CT molecular complexity index is 384. The zero-order valence-electron chi connectivity index (χ0n) is 9.37. The molecule has 1 atom stereocenters. The highest BCUT2D eigenvalue weighted by Gasteiger charge is 2.41. The maximum absolute atomic E-state index is 12.9. The molecule has 0 heterocycles. The largest absolute Gasteiger partial charge is 0.412 e. The predicted octanol–water partition coefficient (Wildman–Crippen LogP) is 1.75. The first kappa shape index (κ1) is 14.7. The molecule has 1 aromatic rings. The molecule has 0 saturated heterocycles. The van der Waals surface area contributed by atoms with Gasteiger partial charge >= 0.3 is 6.18 Å². The summed E-state index contributed by atoms with van der Waals surface area (Å²) >= 11 is 4.73. The van der Waals surface area contributed by atoms with Gasteiger partial charge in [-0.1, -0.05) is 30.3 Å². The lowest BCUT2D eigenvalue weighted by Gasteiger charge is -2.23. The number of hydrogen-bond acceptors (Lipinski definition) is 2. The van der Waals surface area contributed by atoms with Crippen LogP contribution in [0.25, 0.3) is 0 Å². The maximum atomic E-state index is 12.9. The van der Waals surface area contributed by atoms with Crippen molar-refractivity contribution in [1.82, 2.24) is 10.6 Å². The molecule has 0 aliphatic carbocycles. The summed E-state index contributed by atoms with van der Waals surface area (Å²) in [5, 5.41) is 13.1. The molecule has 100 valence electrons. The highest BCUT2D eigenvalue weighted by molar-refractivity contribution is 7.80. The van der Waals surface area contributed by atoms with Gasteiger partial charge in [0, 0.05) is 6.54 Å². The number of alkyl halides is 3. The third kappa shape index (κ3) is 4.50. The first-order valence-electron chi connectivity index (χ1n) is 5.22. The van der Waals surface area contributed by atoms with Gasteiger partial charge in [0.15, 0.2) is 5.11 Å². The Labute approximate surface area is 108 Å². The fraction of sp³-hybridized carbons (Fsp3) is 0.364. The molecule has 0 radical (unpaired) electrons. The minimum atomic E-state index is -4.45. The van der Waals surface area contributed by atoms with E-state index >= 15 is 0 Å². The molecular weight excluding hydrogens is 265 g/mol. The molecule has 1 aromatic carbocycles. The van der Waals surface area contributed by atoms with Gasteiger partial charge in [0.25, 0.3) is 0 Å². The van der Waals surface area contributed by atoms with E-state index in [1.807, 2.05) is 0 Å². The highest BCUT2D eigenvalue weighted by atomic mass is 32.1. The number of nitrogens with one attached hydrogen (secondary N) is 2. The fourth-order valence-electron chi connectivity index (χ4n) is 1.35. The van der Waals surface area contributed by atoms with E-state index in [1.165, 1.54) is 24.3 Å². The predicted molar refractivity (Wildman–Crippen MR) is 66.1 cm³/mol. The van der Waals surface area contributed by atoms with Crippen molar-refractivity contribution in [3.8, 4) is 0 Å². The molecule has 0 saturated carbocycles. The summed E-state index contributed by atoms with van der Waals surface area (Å²) in [7, 11) is 0. The molecule has 0 spiro atoms. The summed E-state index contributed by atoms with van der Waals surface area (Å²) in [5.41, 5.74) is 0.0816. The van der Waals surface area contributed by atoms with E-state index < -0.39 is 12.2 Å². The van der Waals surface area contributed by atoms with Crippen LogP contribution in [0.4, 0.5) is 13.2 Å². The van der Waals surface area contributed by atoms with Gasteiger partial charge in [-0.15, -0.1) is 0 Å². The van der Waals surface area contributed by atoms with Crippen molar-refractivity contribution in [2.45, 2.75) is 12.2 Å². The topological polar surface area (TPSA) is 44.3 Å². The Morgan fingerprint density at radius 1 is 1.28 bits per heavy atom. The van der Waals surface area contributed by atoms with Crippen molar-refractivity contribution >= 4 is 17.3 Å². The second-order valence-corrected chi connectivity index (χ2v) is 3.92. The zero-order valence-corrected chi connectivity index (χ0v) is 10.2. The first-order valence-corrected chi connectivity index (χ1v) is 5.63. The van der Waals surface area contributed by atoms with Gasteiger partial charge in [0.2, 0.25) is 0 Å². The third-order valence-corrected chi connectivity index (χ3v) is 2.40. The van der Waals surface area contributed by atoms with Gasteiger partial charge < -0.3 is 15.7 Å². The third-order valence-electron chi connectivity index (χ3n) is 2.13. The SMILES string of the molecule is OCCNC(=S)NC(c1ccccc1)C(F)(F)F. The molecule has 0 bridgehead atoms. The van der Waals surface area contributed by atoms with E-state index in [9.17, 15) is 13.2 Å². The van der Waals surface area contributed by atoms with Crippen LogP contribution in [0.3, 0.4) is 0 Å². The number of hydrogen-bond donors (Lipinski definition) is 3. The zero-order chi connectivity index (χ0) is 13.6. The van der Waals surface area contributed by atoms with Crippen LogP contribution in [0.5, 0.6) is 0 Å². The van der Waals surface area contributed by atoms with E-state index in [4.69, 9.17) is 17.3 Å². The average molecular weight is 278 g/mol. The lowest BCUT2D eigenvalue weighted by Crippen LogP contribution is -2.44. The Kier molecular flexibility index (Phi) is 5.36. The monoisotopic (exact) mass is 278 g/mol. The number of halogens is 3. The van der Waals surface area contributed by atoms with Gasteiger partial charge in [0.05, 0.1) is 6.61 Å². The van der Waals surface area contributed by atoms with Crippen LogP contribution in [0, 0.1) is 0 Å². The van der Waals surface area contributed by atoms with Crippen molar-refractivity contribution in [1.29, 1.82) is 0 Å². The van der Waals surface area contributed by atoms with E-state index in [2.05, 4.69) is 10.6 Å². The van der Waals surface area contributed by atoms with Crippen LogP contribution in [-0.4, -0.2) is 29.5 Å². The minimum absolute atomic E-state index is 0.0816. The normalized spacial score (nSPS) is 12.9. The summed E-state index contributed by atoms with van der Waals surface area (Å²) in [6.45, 7) is -0.102.